The van der Waals surface area contributed by atoms with E-state index in [4.69, 9.17) is 4.74 Å². The number of hydrogen-bond donors (Lipinski definition) is 1. The Labute approximate surface area is 127 Å². The molecule has 1 unspecified atom stereocenters. The molecule has 0 spiro atoms. The van der Waals surface area contributed by atoms with Crippen molar-refractivity contribution < 1.29 is 9.84 Å². The van der Waals surface area contributed by atoms with Crippen LogP contribution in [0.25, 0.3) is 0 Å². The lowest BCUT2D eigenvalue weighted by atomic mass is 9.47. The quantitative estimate of drug-likeness (QED) is 0.892. The predicted molar refractivity (Wildman–Crippen MR) is 83.2 cm³/mol. The van der Waals surface area contributed by atoms with Gasteiger partial charge in [-0.3, -0.25) is 0 Å². The highest BCUT2D eigenvalue weighted by Gasteiger charge is 2.54. The first-order chi connectivity index (χ1) is 10.2. The molecule has 114 valence electrons. The van der Waals surface area contributed by atoms with Gasteiger partial charge in [0.05, 0.1) is 12.7 Å². The van der Waals surface area contributed by atoms with Gasteiger partial charge >= 0.3 is 0 Å². The second kappa shape index (κ2) is 5.01. The summed E-state index contributed by atoms with van der Waals surface area (Å²) in [6.07, 6.45) is 7.72. The van der Waals surface area contributed by atoms with Gasteiger partial charge in [0, 0.05) is 5.41 Å². The van der Waals surface area contributed by atoms with Crippen molar-refractivity contribution in [2.75, 3.05) is 6.61 Å². The van der Waals surface area contributed by atoms with Crippen LogP contribution in [0, 0.1) is 23.2 Å². The highest BCUT2D eigenvalue weighted by Crippen LogP contribution is 2.64. The Morgan fingerprint density at radius 2 is 1.57 bits per heavy atom. The third-order valence-corrected chi connectivity index (χ3v) is 6.17. The van der Waals surface area contributed by atoms with Crippen LogP contribution in [0.1, 0.15) is 57.1 Å². The van der Waals surface area contributed by atoms with E-state index in [0.29, 0.717) is 6.61 Å². The molecule has 0 amide bonds. The molecule has 1 N–H and O–H groups in total. The molecule has 0 radical (unpaired) electrons. The van der Waals surface area contributed by atoms with Crippen molar-refractivity contribution in [3.8, 4) is 5.75 Å². The first kappa shape index (κ1) is 13.6. The van der Waals surface area contributed by atoms with Gasteiger partial charge in [-0.1, -0.05) is 12.1 Å². The monoisotopic (exact) mass is 286 g/mol. The molecular weight excluding hydrogens is 260 g/mol. The number of aliphatic hydroxyl groups is 1. The molecule has 0 saturated heterocycles. The van der Waals surface area contributed by atoms with E-state index in [2.05, 4.69) is 12.1 Å². The molecule has 1 aromatic carbocycles. The molecule has 4 bridgehead atoms. The van der Waals surface area contributed by atoms with Crippen LogP contribution < -0.4 is 4.74 Å². The Morgan fingerprint density at radius 1 is 1.05 bits per heavy atom. The standard InChI is InChI=1S/C19H26O2/c1-2-21-17-5-3-16(4-6-17)18(20)19-10-13-7-14(11-19)9-15(8-13)12-19/h3-6,13-15,18,20H,2,7-12H2,1H3. The van der Waals surface area contributed by atoms with Gasteiger partial charge in [-0.2, -0.15) is 0 Å². The average Bonchev–Trinajstić information content (AvgIpc) is 2.46. The van der Waals surface area contributed by atoms with E-state index in [1.165, 1.54) is 38.5 Å². The van der Waals surface area contributed by atoms with Gasteiger partial charge < -0.3 is 9.84 Å². The van der Waals surface area contributed by atoms with Crippen molar-refractivity contribution in [3.63, 3.8) is 0 Å². The minimum absolute atomic E-state index is 0.169. The number of hydrogen-bond acceptors (Lipinski definition) is 2. The summed E-state index contributed by atoms with van der Waals surface area (Å²) in [4.78, 5) is 0. The van der Waals surface area contributed by atoms with E-state index in [1.807, 2.05) is 19.1 Å². The molecule has 4 aliphatic rings. The summed E-state index contributed by atoms with van der Waals surface area (Å²) in [5.41, 5.74) is 1.25. The maximum Gasteiger partial charge on any atom is 0.119 e. The number of rotatable bonds is 4. The SMILES string of the molecule is CCOc1ccc(C(O)C23CC4CC(CC(C4)C2)C3)cc1. The van der Waals surface area contributed by atoms with Crippen LogP contribution in [0.4, 0.5) is 0 Å². The van der Waals surface area contributed by atoms with Crippen LogP contribution in [-0.4, -0.2) is 11.7 Å². The van der Waals surface area contributed by atoms with Crippen LogP contribution in [0.15, 0.2) is 24.3 Å². The van der Waals surface area contributed by atoms with Crippen LogP contribution in [0.5, 0.6) is 5.75 Å². The summed E-state index contributed by atoms with van der Waals surface area (Å²) in [5.74, 6) is 3.55. The zero-order chi connectivity index (χ0) is 14.4. The van der Waals surface area contributed by atoms with Gasteiger partial charge in [0.25, 0.3) is 0 Å². The largest absolute Gasteiger partial charge is 0.494 e. The van der Waals surface area contributed by atoms with Gasteiger partial charge in [0.2, 0.25) is 0 Å². The lowest BCUT2D eigenvalue weighted by Gasteiger charge is -2.58. The van der Waals surface area contributed by atoms with E-state index in [9.17, 15) is 5.11 Å². The van der Waals surface area contributed by atoms with Crippen molar-refractivity contribution in [2.45, 2.75) is 51.6 Å². The Balaban J connectivity index is 1.57. The lowest BCUT2D eigenvalue weighted by molar-refractivity contribution is -0.122. The Morgan fingerprint density at radius 3 is 2.05 bits per heavy atom. The molecule has 2 nitrogen and oxygen atoms in total. The topological polar surface area (TPSA) is 29.5 Å². The summed E-state index contributed by atoms with van der Waals surface area (Å²) in [6.45, 7) is 2.69. The molecule has 0 heterocycles. The average molecular weight is 286 g/mol. The van der Waals surface area contributed by atoms with E-state index < -0.39 is 0 Å². The van der Waals surface area contributed by atoms with Crippen LogP contribution >= 0.6 is 0 Å². The normalized spacial score (nSPS) is 38.5. The van der Waals surface area contributed by atoms with Crippen molar-refractivity contribution in [3.05, 3.63) is 29.8 Å². The Bertz CT molecular complexity index is 470. The fourth-order valence-electron chi connectivity index (χ4n) is 5.78. The molecule has 1 aromatic rings. The summed E-state index contributed by atoms with van der Waals surface area (Å²) in [7, 11) is 0. The summed E-state index contributed by atoms with van der Waals surface area (Å²) in [5, 5.41) is 11.1. The Kier molecular flexibility index (Phi) is 3.25. The molecule has 4 fully saturated rings. The first-order valence-corrected chi connectivity index (χ1v) is 8.59. The lowest BCUT2D eigenvalue weighted by Crippen LogP contribution is -2.48. The number of aliphatic hydroxyl groups excluding tert-OH is 1. The fraction of sp³-hybridized carbons (Fsp3) is 0.684. The van der Waals surface area contributed by atoms with E-state index in [0.717, 1.165) is 29.1 Å². The van der Waals surface area contributed by atoms with Crippen molar-refractivity contribution in [2.24, 2.45) is 23.2 Å². The molecule has 21 heavy (non-hydrogen) atoms. The highest BCUT2D eigenvalue weighted by molar-refractivity contribution is 5.30. The first-order valence-electron chi connectivity index (χ1n) is 8.59. The van der Waals surface area contributed by atoms with Crippen molar-refractivity contribution in [1.29, 1.82) is 0 Å². The van der Waals surface area contributed by atoms with Crippen LogP contribution in [0.2, 0.25) is 0 Å². The molecule has 2 heteroatoms. The van der Waals surface area contributed by atoms with Gasteiger partial charge in [-0.05, 0) is 80.9 Å². The predicted octanol–water partition coefficient (Wildman–Crippen LogP) is 4.34. The molecule has 0 aliphatic heterocycles. The number of benzene rings is 1. The second-order valence-electron chi connectivity index (χ2n) is 7.68. The summed E-state index contributed by atoms with van der Waals surface area (Å²) in [6, 6.07) is 8.13. The fourth-order valence-corrected chi connectivity index (χ4v) is 5.78. The minimum atomic E-state index is -0.290. The number of ether oxygens (including phenoxy) is 1. The van der Waals surface area contributed by atoms with Crippen LogP contribution in [-0.2, 0) is 0 Å². The Hall–Kier alpha value is -1.02. The maximum atomic E-state index is 11.1. The smallest absolute Gasteiger partial charge is 0.119 e. The highest BCUT2D eigenvalue weighted by atomic mass is 16.5. The zero-order valence-corrected chi connectivity index (χ0v) is 12.9. The summed E-state index contributed by atoms with van der Waals surface area (Å²) >= 11 is 0. The third kappa shape index (κ3) is 2.28. The maximum absolute atomic E-state index is 11.1. The minimum Gasteiger partial charge on any atom is -0.494 e. The second-order valence-corrected chi connectivity index (χ2v) is 7.68. The van der Waals surface area contributed by atoms with E-state index in [-0.39, 0.29) is 11.5 Å². The molecule has 1 atom stereocenters. The molecule has 4 aliphatic carbocycles. The third-order valence-electron chi connectivity index (χ3n) is 6.17. The zero-order valence-electron chi connectivity index (χ0n) is 12.9. The summed E-state index contributed by atoms with van der Waals surface area (Å²) < 4.78 is 5.51. The molecule has 5 rings (SSSR count). The van der Waals surface area contributed by atoms with Crippen LogP contribution in [0.3, 0.4) is 0 Å². The van der Waals surface area contributed by atoms with Gasteiger partial charge in [-0.25, -0.2) is 0 Å². The van der Waals surface area contributed by atoms with Gasteiger partial charge in [0.15, 0.2) is 0 Å². The van der Waals surface area contributed by atoms with Gasteiger partial charge in [0.1, 0.15) is 5.75 Å². The molecule has 4 saturated carbocycles. The molecule has 0 aromatic heterocycles. The van der Waals surface area contributed by atoms with E-state index >= 15 is 0 Å². The van der Waals surface area contributed by atoms with Crippen molar-refractivity contribution >= 4 is 0 Å². The van der Waals surface area contributed by atoms with Crippen molar-refractivity contribution in [1.82, 2.24) is 0 Å². The van der Waals surface area contributed by atoms with E-state index in [1.54, 1.807) is 0 Å². The van der Waals surface area contributed by atoms with Gasteiger partial charge in [-0.15, -0.1) is 0 Å². The molecular formula is C19H26O2.